The first-order valence-corrected chi connectivity index (χ1v) is 7.67. The number of pyridine rings is 1. The summed E-state index contributed by atoms with van der Waals surface area (Å²) in [5.41, 5.74) is 2.66. The van der Waals surface area contributed by atoms with Crippen LogP contribution in [0.25, 0.3) is 10.9 Å². The summed E-state index contributed by atoms with van der Waals surface area (Å²) in [5, 5.41) is 13.3. The Morgan fingerprint density at radius 1 is 1.20 bits per heavy atom. The number of H-pyrrole nitrogens is 1. The van der Waals surface area contributed by atoms with E-state index in [-0.39, 0.29) is 18.5 Å². The second-order valence-corrected chi connectivity index (χ2v) is 5.72. The first-order valence-electron chi connectivity index (χ1n) is 7.67. The third kappa shape index (κ3) is 3.92. The van der Waals surface area contributed by atoms with Crippen molar-refractivity contribution in [3.63, 3.8) is 0 Å². The van der Waals surface area contributed by atoms with E-state index in [4.69, 9.17) is 0 Å². The van der Waals surface area contributed by atoms with Gasteiger partial charge in [-0.25, -0.2) is 4.79 Å². The van der Waals surface area contributed by atoms with Crippen LogP contribution in [-0.2, 0) is 6.54 Å². The molecular formula is C17H18N6O2. The number of aromatic amines is 1. The number of carbonyl (C=O) groups is 2. The zero-order chi connectivity index (χ0) is 17.8. The number of fused-ring (bicyclic) bond motifs is 1. The lowest BCUT2D eigenvalue weighted by Crippen LogP contribution is -2.34. The van der Waals surface area contributed by atoms with Crippen LogP contribution in [0.5, 0.6) is 0 Å². The molecule has 0 saturated heterocycles. The summed E-state index contributed by atoms with van der Waals surface area (Å²) in [7, 11) is 3.31. The topological polar surface area (TPSA) is 103 Å². The second-order valence-electron chi connectivity index (χ2n) is 5.72. The molecule has 0 fully saturated rings. The number of rotatable bonds is 4. The molecule has 0 unspecified atom stereocenters. The summed E-state index contributed by atoms with van der Waals surface area (Å²) in [6.45, 7) is 0.249. The number of nitrogens with one attached hydrogen (secondary N) is 3. The number of aromatic nitrogens is 3. The molecule has 3 amide bonds. The zero-order valence-electron chi connectivity index (χ0n) is 13.9. The fraction of sp³-hybridized carbons (Fsp3) is 0.176. The van der Waals surface area contributed by atoms with Gasteiger partial charge in [0.25, 0.3) is 5.91 Å². The van der Waals surface area contributed by atoms with Crippen LogP contribution in [-0.4, -0.2) is 46.1 Å². The molecule has 2 aromatic heterocycles. The van der Waals surface area contributed by atoms with Crippen LogP contribution >= 0.6 is 0 Å². The number of carbonyl (C=O) groups excluding carboxylic acids is 2. The summed E-state index contributed by atoms with van der Waals surface area (Å²) < 4.78 is 0. The van der Waals surface area contributed by atoms with Gasteiger partial charge < -0.3 is 15.5 Å². The predicted molar refractivity (Wildman–Crippen MR) is 94.2 cm³/mol. The smallest absolute Gasteiger partial charge is 0.317 e. The Morgan fingerprint density at radius 3 is 2.84 bits per heavy atom. The van der Waals surface area contributed by atoms with Crippen molar-refractivity contribution in [3.8, 4) is 0 Å². The van der Waals surface area contributed by atoms with Gasteiger partial charge in [-0.15, -0.1) is 0 Å². The summed E-state index contributed by atoms with van der Waals surface area (Å²) in [5.74, 6) is -0.245. The highest BCUT2D eigenvalue weighted by Gasteiger charge is 2.09. The Bertz CT molecular complexity index is 918. The van der Waals surface area contributed by atoms with E-state index < -0.39 is 0 Å². The molecule has 0 radical (unpaired) electrons. The first kappa shape index (κ1) is 16.4. The van der Waals surface area contributed by atoms with E-state index in [0.29, 0.717) is 16.9 Å². The number of anilines is 1. The Kier molecular flexibility index (Phi) is 4.60. The van der Waals surface area contributed by atoms with Crippen LogP contribution in [0.3, 0.4) is 0 Å². The van der Waals surface area contributed by atoms with Gasteiger partial charge in [-0.1, -0.05) is 0 Å². The fourth-order valence-electron chi connectivity index (χ4n) is 2.26. The number of hydrogen-bond donors (Lipinski definition) is 3. The minimum Gasteiger partial charge on any atom is -0.332 e. The summed E-state index contributed by atoms with van der Waals surface area (Å²) >= 11 is 0. The van der Waals surface area contributed by atoms with Crippen molar-refractivity contribution in [3.05, 3.63) is 54.0 Å². The molecule has 0 aliphatic heterocycles. The maximum atomic E-state index is 12.4. The molecule has 0 aliphatic rings. The number of urea groups is 1. The predicted octanol–water partition coefficient (Wildman–Crippen LogP) is 1.98. The van der Waals surface area contributed by atoms with E-state index in [0.717, 1.165) is 10.9 Å². The SMILES string of the molecule is CN(C)C(=O)NCc1cc(C(=O)Nc2ccc3[nH]ncc3c2)ccn1. The molecular weight excluding hydrogens is 320 g/mol. The van der Waals surface area contributed by atoms with E-state index in [2.05, 4.69) is 25.8 Å². The van der Waals surface area contributed by atoms with E-state index in [1.165, 1.54) is 4.90 Å². The van der Waals surface area contributed by atoms with Gasteiger partial charge in [-0.3, -0.25) is 14.9 Å². The minimum atomic E-state index is -0.245. The maximum absolute atomic E-state index is 12.4. The molecule has 2 heterocycles. The summed E-state index contributed by atoms with van der Waals surface area (Å²) in [6.07, 6.45) is 3.24. The van der Waals surface area contributed by atoms with Gasteiger partial charge in [0.15, 0.2) is 0 Å². The third-order valence-electron chi connectivity index (χ3n) is 3.60. The molecule has 3 N–H and O–H groups in total. The lowest BCUT2D eigenvalue weighted by atomic mass is 10.2. The molecule has 0 saturated carbocycles. The molecule has 0 atom stereocenters. The number of amides is 3. The van der Waals surface area contributed by atoms with Crippen molar-refractivity contribution in [2.24, 2.45) is 0 Å². The molecule has 128 valence electrons. The van der Waals surface area contributed by atoms with Gasteiger partial charge in [0, 0.05) is 36.9 Å². The van der Waals surface area contributed by atoms with Crippen LogP contribution < -0.4 is 10.6 Å². The van der Waals surface area contributed by atoms with Crippen molar-refractivity contribution in [1.29, 1.82) is 0 Å². The van der Waals surface area contributed by atoms with Crippen LogP contribution in [0, 0.1) is 0 Å². The highest BCUT2D eigenvalue weighted by atomic mass is 16.2. The Labute approximate surface area is 144 Å². The fourth-order valence-corrected chi connectivity index (χ4v) is 2.26. The maximum Gasteiger partial charge on any atom is 0.317 e. The molecule has 3 rings (SSSR count). The molecule has 25 heavy (non-hydrogen) atoms. The lowest BCUT2D eigenvalue weighted by molar-refractivity contribution is 0.102. The van der Waals surface area contributed by atoms with Crippen LogP contribution in [0.15, 0.2) is 42.7 Å². The van der Waals surface area contributed by atoms with E-state index in [1.807, 2.05) is 12.1 Å². The van der Waals surface area contributed by atoms with Crippen LogP contribution in [0.2, 0.25) is 0 Å². The molecule has 0 aliphatic carbocycles. The van der Waals surface area contributed by atoms with Gasteiger partial charge in [0.2, 0.25) is 0 Å². The van der Waals surface area contributed by atoms with Gasteiger partial charge in [0.05, 0.1) is 24.0 Å². The van der Waals surface area contributed by atoms with Crippen LogP contribution in [0.1, 0.15) is 16.1 Å². The average molecular weight is 338 g/mol. The number of benzene rings is 1. The lowest BCUT2D eigenvalue weighted by Gasteiger charge is -2.12. The Morgan fingerprint density at radius 2 is 2.04 bits per heavy atom. The number of hydrogen-bond acceptors (Lipinski definition) is 4. The Hall–Kier alpha value is -3.42. The first-order chi connectivity index (χ1) is 12.0. The molecule has 8 heteroatoms. The van der Waals surface area contributed by atoms with E-state index in [1.54, 1.807) is 44.7 Å². The Balaban J connectivity index is 1.69. The highest BCUT2D eigenvalue weighted by Crippen LogP contribution is 2.17. The van der Waals surface area contributed by atoms with Gasteiger partial charge in [0.1, 0.15) is 0 Å². The van der Waals surface area contributed by atoms with E-state index in [9.17, 15) is 9.59 Å². The number of nitrogens with zero attached hydrogens (tertiary/aromatic N) is 3. The molecule has 8 nitrogen and oxygen atoms in total. The van der Waals surface area contributed by atoms with Crippen molar-refractivity contribution in [1.82, 2.24) is 25.4 Å². The van der Waals surface area contributed by atoms with Crippen molar-refractivity contribution in [2.75, 3.05) is 19.4 Å². The van der Waals surface area contributed by atoms with Crippen molar-refractivity contribution < 1.29 is 9.59 Å². The van der Waals surface area contributed by atoms with Crippen molar-refractivity contribution in [2.45, 2.75) is 6.54 Å². The monoisotopic (exact) mass is 338 g/mol. The van der Waals surface area contributed by atoms with Crippen molar-refractivity contribution >= 4 is 28.5 Å². The minimum absolute atomic E-state index is 0.218. The summed E-state index contributed by atoms with van der Waals surface area (Å²) in [4.78, 5) is 29.6. The standard InChI is InChI=1S/C17H18N6O2/c1-23(2)17(25)19-10-14-7-11(5-6-18-14)16(24)21-13-3-4-15-12(8-13)9-20-22-15/h3-9H,10H2,1-2H3,(H,19,25)(H,20,22)(H,21,24). The highest BCUT2D eigenvalue weighted by molar-refractivity contribution is 6.05. The van der Waals surface area contributed by atoms with E-state index >= 15 is 0 Å². The molecule has 1 aromatic carbocycles. The quantitative estimate of drug-likeness (QED) is 0.677. The zero-order valence-corrected chi connectivity index (χ0v) is 13.9. The molecule has 0 spiro atoms. The van der Waals surface area contributed by atoms with Crippen LogP contribution in [0.4, 0.5) is 10.5 Å². The van der Waals surface area contributed by atoms with Gasteiger partial charge >= 0.3 is 6.03 Å². The third-order valence-corrected chi connectivity index (χ3v) is 3.60. The molecule has 0 bridgehead atoms. The largest absolute Gasteiger partial charge is 0.332 e. The van der Waals surface area contributed by atoms with Gasteiger partial charge in [-0.05, 0) is 30.3 Å². The molecule has 3 aromatic rings. The second kappa shape index (κ2) is 7.00. The normalized spacial score (nSPS) is 10.5. The van der Waals surface area contributed by atoms with Gasteiger partial charge in [-0.2, -0.15) is 5.10 Å². The average Bonchev–Trinajstić information content (AvgIpc) is 3.07. The summed E-state index contributed by atoms with van der Waals surface area (Å²) in [6, 6.07) is 8.57.